The molecule has 1 aliphatic heterocycles. The average molecular weight is 476 g/mol. The van der Waals surface area contributed by atoms with Gasteiger partial charge in [-0.2, -0.15) is 0 Å². The summed E-state index contributed by atoms with van der Waals surface area (Å²) in [6, 6.07) is 2.69. The predicted octanol–water partition coefficient (Wildman–Crippen LogP) is 3.77. The van der Waals surface area contributed by atoms with Crippen molar-refractivity contribution < 1.29 is 18.4 Å². The first kappa shape index (κ1) is 25.8. The summed E-state index contributed by atoms with van der Waals surface area (Å²) >= 11 is 0. The molecule has 3 rings (SSSR count). The van der Waals surface area contributed by atoms with Crippen molar-refractivity contribution in [1.82, 2.24) is 25.5 Å². The van der Waals surface area contributed by atoms with Crippen LogP contribution in [0.15, 0.2) is 24.4 Å². The molecule has 34 heavy (non-hydrogen) atoms. The van der Waals surface area contributed by atoms with Crippen molar-refractivity contribution in [2.75, 3.05) is 19.6 Å². The fourth-order valence-electron chi connectivity index (χ4n) is 4.04. The average Bonchev–Trinajstić information content (AvgIpc) is 3.28. The first-order valence-corrected chi connectivity index (χ1v) is 12.1. The lowest BCUT2D eigenvalue weighted by Crippen LogP contribution is -2.48. The topological polar surface area (TPSA) is 90.1 Å². The number of imidazole rings is 1. The summed E-state index contributed by atoms with van der Waals surface area (Å²) in [7, 11) is 0. The molecule has 0 bridgehead atoms. The second-order valence-corrected chi connectivity index (χ2v) is 9.33. The highest BCUT2D eigenvalue weighted by Crippen LogP contribution is 2.21. The predicted molar refractivity (Wildman–Crippen MR) is 127 cm³/mol. The Hall–Kier alpha value is -2.81. The molecule has 2 heterocycles. The van der Waals surface area contributed by atoms with Crippen LogP contribution in [0.4, 0.5) is 8.78 Å². The molecule has 1 aromatic heterocycles. The van der Waals surface area contributed by atoms with Gasteiger partial charge in [-0.15, -0.1) is 0 Å². The van der Waals surface area contributed by atoms with E-state index in [1.165, 1.54) is 24.8 Å². The van der Waals surface area contributed by atoms with Gasteiger partial charge in [-0.25, -0.2) is 13.8 Å². The van der Waals surface area contributed by atoms with Crippen LogP contribution < -0.4 is 10.6 Å². The lowest BCUT2D eigenvalue weighted by Gasteiger charge is -2.28. The van der Waals surface area contributed by atoms with E-state index in [1.807, 2.05) is 0 Å². The molecule has 1 aliphatic rings. The van der Waals surface area contributed by atoms with E-state index in [0.29, 0.717) is 30.3 Å². The molecule has 1 fully saturated rings. The molecule has 0 radical (unpaired) electrons. The maximum absolute atomic E-state index is 14.0. The number of likely N-dealkylation sites (tertiary alicyclic amines) is 1. The van der Waals surface area contributed by atoms with Crippen LogP contribution in [0.5, 0.6) is 0 Å². The summed E-state index contributed by atoms with van der Waals surface area (Å²) in [6.45, 7) is 7.00. The Morgan fingerprint density at radius 2 is 1.91 bits per heavy atom. The maximum atomic E-state index is 14.0. The van der Waals surface area contributed by atoms with E-state index >= 15 is 0 Å². The molecule has 0 saturated carbocycles. The van der Waals surface area contributed by atoms with Crippen LogP contribution in [-0.2, 0) is 16.1 Å². The van der Waals surface area contributed by atoms with E-state index in [4.69, 9.17) is 0 Å². The third-order valence-electron chi connectivity index (χ3n) is 6.06. The zero-order valence-corrected chi connectivity index (χ0v) is 20.0. The second-order valence-electron chi connectivity index (χ2n) is 9.33. The molecule has 1 unspecified atom stereocenters. The third-order valence-corrected chi connectivity index (χ3v) is 6.06. The van der Waals surface area contributed by atoms with Gasteiger partial charge in [-0.05, 0) is 56.8 Å². The van der Waals surface area contributed by atoms with Gasteiger partial charge >= 0.3 is 0 Å². The minimum absolute atomic E-state index is 0.101. The van der Waals surface area contributed by atoms with Crippen molar-refractivity contribution in [2.24, 2.45) is 5.92 Å². The minimum atomic E-state index is -0.693. The van der Waals surface area contributed by atoms with Crippen molar-refractivity contribution in [3.8, 4) is 11.3 Å². The SMILES string of the molecule is CC(C)CCC(=O)NC(CCN1CCCCC1)C(=O)NCc1ncc(-c2ccc(F)cc2F)[nH]1. The van der Waals surface area contributed by atoms with Gasteiger partial charge in [0.15, 0.2) is 0 Å². The van der Waals surface area contributed by atoms with Crippen LogP contribution in [0.25, 0.3) is 11.3 Å². The van der Waals surface area contributed by atoms with Crippen molar-refractivity contribution in [2.45, 2.75) is 65.0 Å². The molecule has 186 valence electrons. The Morgan fingerprint density at radius 1 is 1.15 bits per heavy atom. The molecule has 3 N–H and O–H groups in total. The Morgan fingerprint density at radius 3 is 2.62 bits per heavy atom. The quantitative estimate of drug-likeness (QED) is 0.462. The smallest absolute Gasteiger partial charge is 0.243 e. The van der Waals surface area contributed by atoms with Crippen LogP contribution in [0, 0.1) is 17.6 Å². The second kappa shape index (κ2) is 12.6. The normalized spacial score (nSPS) is 15.3. The zero-order valence-electron chi connectivity index (χ0n) is 20.0. The molecule has 0 aliphatic carbocycles. The number of H-pyrrole nitrogens is 1. The van der Waals surface area contributed by atoms with Gasteiger partial charge < -0.3 is 20.5 Å². The summed E-state index contributed by atoms with van der Waals surface area (Å²) in [5, 5.41) is 5.72. The standard InChI is InChI=1S/C25H35F2N5O2/c1-17(2)6-9-24(33)31-21(10-13-32-11-4-3-5-12-32)25(34)29-16-23-28-15-22(30-23)19-8-7-18(26)14-20(19)27/h7-8,14-15,17,21H,3-6,9-13,16H2,1-2H3,(H,28,30)(H,29,34)(H,31,33). The highest BCUT2D eigenvalue weighted by molar-refractivity contribution is 5.87. The number of carbonyl (C=O) groups excluding carboxylic acids is 2. The van der Waals surface area contributed by atoms with E-state index in [-0.39, 0.29) is 23.9 Å². The number of amides is 2. The first-order chi connectivity index (χ1) is 16.3. The van der Waals surface area contributed by atoms with Gasteiger partial charge in [-0.1, -0.05) is 20.3 Å². The number of benzene rings is 1. The molecule has 1 atom stereocenters. The number of nitrogens with zero attached hydrogens (tertiary/aromatic N) is 2. The number of halogens is 2. The van der Waals surface area contributed by atoms with Gasteiger partial charge in [0.1, 0.15) is 23.5 Å². The van der Waals surface area contributed by atoms with E-state index in [0.717, 1.165) is 45.0 Å². The monoisotopic (exact) mass is 475 g/mol. The number of aromatic amines is 1. The number of rotatable bonds is 11. The number of aromatic nitrogens is 2. The molecular formula is C25H35F2N5O2. The van der Waals surface area contributed by atoms with Crippen LogP contribution in [-0.4, -0.2) is 52.4 Å². The summed E-state index contributed by atoms with van der Waals surface area (Å²) in [5.41, 5.74) is 0.591. The van der Waals surface area contributed by atoms with E-state index in [9.17, 15) is 18.4 Å². The number of nitrogens with one attached hydrogen (secondary N) is 3. The van der Waals surface area contributed by atoms with Crippen molar-refractivity contribution in [3.05, 3.63) is 41.9 Å². The van der Waals surface area contributed by atoms with Gasteiger partial charge in [0, 0.05) is 24.6 Å². The molecule has 9 heteroatoms. The molecule has 0 spiro atoms. The van der Waals surface area contributed by atoms with E-state index < -0.39 is 17.7 Å². The summed E-state index contributed by atoms with van der Waals surface area (Å²) < 4.78 is 27.2. The Balaban J connectivity index is 1.58. The van der Waals surface area contributed by atoms with Crippen molar-refractivity contribution in [3.63, 3.8) is 0 Å². The lowest BCUT2D eigenvalue weighted by atomic mass is 10.1. The number of hydrogen-bond acceptors (Lipinski definition) is 4. The number of hydrogen-bond donors (Lipinski definition) is 3. The Labute approximate surface area is 199 Å². The molecule has 7 nitrogen and oxygen atoms in total. The van der Waals surface area contributed by atoms with Crippen molar-refractivity contribution >= 4 is 11.8 Å². The summed E-state index contributed by atoms with van der Waals surface area (Å²) in [6.07, 6.45) is 6.68. The van der Waals surface area contributed by atoms with E-state index in [1.54, 1.807) is 0 Å². The van der Waals surface area contributed by atoms with Gasteiger partial charge in [-0.3, -0.25) is 9.59 Å². The third kappa shape index (κ3) is 7.90. The highest BCUT2D eigenvalue weighted by atomic mass is 19.1. The van der Waals surface area contributed by atoms with Crippen molar-refractivity contribution in [1.29, 1.82) is 0 Å². The number of carbonyl (C=O) groups is 2. The van der Waals surface area contributed by atoms with Gasteiger partial charge in [0.25, 0.3) is 0 Å². The van der Waals surface area contributed by atoms with Gasteiger partial charge in [0.05, 0.1) is 18.4 Å². The molecule has 2 amide bonds. The fourth-order valence-corrected chi connectivity index (χ4v) is 4.04. The van der Waals surface area contributed by atoms with Crippen LogP contribution in [0.1, 0.15) is 58.2 Å². The molecule has 2 aromatic rings. The largest absolute Gasteiger partial charge is 0.347 e. The maximum Gasteiger partial charge on any atom is 0.243 e. The fraction of sp³-hybridized carbons (Fsp3) is 0.560. The first-order valence-electron chi connectivity index (χ1n) is 12.1. The molecule has 1 aromatic carbocycles. The zero-order chi connectivity index (χ0) is 24.5. The van der Waals surface area contributed by atoms with E-state index in [2.05, 4.69) is 39.3 Å². The summed E-state index contributed by atoms with van der Waals surface area (Å²) in [4.78, 5) is 34.8. The lowest BCUT2D eigenvalue weighted by molar-refractivity contribution is -0.129. The molecule has 1 saturated heterocycles. The number of piperidine rings is 1. The Kier molecular flexibility index (Phi) is 9.56. The van der Waals surface area contributed by atoms with Crippen LogP contribution >= 0.6 is 0 Å². The van der Waals surface area contributed by atoms with Gasteiger partial charge in [0.2, 0.25) is 11.8 Å². The summed E-state index contributed by atoms with van der Waals surface area (Å²) in [5.74, 6) is -0.903. The molecular weight excluding hydrogens is 440 g/mol. The minimum Gasteiger partial charge on any atom is -0.347 e. The van der Waals surface area contributed by atoms with Crippen LogP contribution in [0.2, 0.25) is 0 Å². The highest BCUT2D eigenvalue weighted by Gasteiger charge is 2.22. The van der Waals surface area contributed by atoms with Crippen LogP contribution in [0.3, 0.4) is 0 Å². The Bertz CT molecular complexity index is 957.